The summed E-state index contributed by atoms with van der Waals surface area (Å²) in [5, 5.41) is 54.5. The minimum absolute atomic E-state index is 0.170. The normalized spacial score (nSPS) is 20.0. The molecule has 1 aliphatic rings. The minimum atomic E-state index is -1.56. The molecule has 0 spiro atoms. The SMILES string of the molecule is CCCCCCCCCCCCCCCCCC/C=C/C(O)C(COC1OC(CO)C(O)C(O)C1O)NC(=O)CCCCCCCCCCCCCCCCCCCCCCCCC. The van der Waals surface area contributed by atoms with Crippen LogP contribution in [0, 0.1) is 0 Å². The Bertz CT molecular complexity index is 1010. The fourth-order valence-corrected chi connectivity index (χ4v) is 9.16. The largest absolute Gasteiger partial charge is 0.394 e. The summed E-state index contributed by atoms with van der Waals surface area (Å²) in [6.45, 7) is 3.82. The van der Waals surface area contributed by atoms with Crippen molar-refractivity contribution >= 4 is 5.91 Å². The van der Waals surface area contributed by atoms with Crippen LogP contribution in [0.3, 0.4) is 0 Å². The molecule has 0 saturated carbocycles. The van der Waals surface area contributed by atoms with Gasteiger partial charge in [0.25, 0.3) is 0 Å². The lowest BCUT2D eigenvalue weighted by atomic mass is 9.99. The number of aliphatic hydroxyl groups is 5. The van der Waals surface area contributed by atoms with E-state index in [1.165, 1.54) is 218 Å². The van der Waals surface area contributed by atoms with Gasteiger partial charge in [0.05, 0.1) is 25.4 Å². The maximum atomic E-state index is 13.0. The van der Waals surface area contributed by atoms with Crippen LogP contribution in [0.1, 0.15) is 277 Å². The molecule has 0 aliphatic carbocycles. The van der Waals surface area contributed by atoms with E-state index in [1.54, 1.807) is 6.08 Å². The number of rotatable bonds is 48. The maximum Gasteiger partial charge on any atom is 0.220 e. The molecule has 7 atom stereocenters. The number of carbonyl (C=O) groups is 1. The van der Waals surface area contributed by atoms with E-state index in [2.05, 4.69) is 19.2 Å². The number of unbranched alkanes of at least 4 members (excludes halogenated alkanes) is 38. The monoisotopic (exact) mass is 910 g/mol. The highest BCUT2D eigenvalue weighted by atomic mass is 16.7. The third kappa shape index (κ3) is 35.1. The predicted molar refractivity (Wildman–Crippen MR) is 267 cm³/mol. The molecule has 0 bridgehead atoms. The molecule has 1 saturated heterocycles. The Morgan fingerprint density at radius 3 is 1.22 bits per heavy atom. The second-order valence-corrected chi connectivity index (χ2v) is 19.7. The van der Waals surface area contributed by atoms with Crippen LogP contribution in [-0.4, -0.2) is 87.5 Å². The third-order valence-corrected chi connectivity index (χ3v) is 13.6. The molecule has 9 nitrogen and oxygen atoms in total. The van der Waals surface area contributed by atoms with Gasteiger partial charge in [-0.25, -0.2) is 0 Å². The van der Waals surface area contributed by atoms with Crippen LogP contribution in [0.5, 0.6) is 0 Å². The van der Waals surface area contributed by atoms with Crippen molar-refractivity contribution in [3.8, 4) is 0 Å². The first-order valence-corrected chi connectivity index (χ1v) is 27.9. The molecule has 1 amide bonds. The highest BCUT2D eigenvalue weighted by Gasteiger charge is 2.44. The molecule has 380 valence electrons. The predicted octanol–water partition coefficient (Wildman–Crippen LogP) is 13.2. The van der Waals surface area contributed by atoms with Crippen LogP contribution in [-0.2, 0) is 14.3 Å². The number of allylic oxidation sites excluding steroid dienone is 1. The average Bonchev–Trinajstić information content (AvgIpc) is 3.29. The maximum absolute atomic E-state index is 13.0. The number of carbonyl (C=O) groups excluding carboxylic acids is 1. The fraction of sp³-hybridized carbons (Fsp3) is 0.945. The van der Waals surface area contributed by atoms with Crippen LogP contribution in [0.15, 0.2) is 12.2 Å². The molecule has 7 unspecified atom stereocenters. The summed E-state index contributed by atoms with van der Waals surface area (Å²) < 4.78 is 11.3. The van der Waals surface area contributed by atoms with E-state index in [0.29, 0.717) is 6.42 Å². The van der Waals surface area contributed by atoms with Crippen LogP contribution in [0.2, 0.25) is 0 Å². The molecule has 1 fully saturated rings. The number of hydrogen-bond acceptors (Lipinski definition) is 8. The van der Waals surface area contributed by atoms with Crippen LogP contribution < -0.4 is 5.32 Å². The van der Waals surface area contributed by atoms with E-state index in [0.717, 1.165) is 38.5 Å². The van der Waals surface area contributed by atoms with Gasteiger partial charge in [0.2, 0.25) is 5.91 Å². The highest BCUT2D eigenvalue weighted by Crippen LogP contribution is 2.23. The molecule has 9 heteroatoms. The molecule has 6 N–H and O–H groups in total. The smallest absolute Gasteiger partial charge is 0.220 e. The number of amides is 1. The van der Waals surface area contributed by atoms with E-state index < -0.39 is 49.5 Å². The molecular formula is C55H107NO8. The summed E-state index contributed by atoms with van der Waals surface area (Å²) >= 11 is 0. The number of aliphatic hydroxyl groups excluding tert-OH is 5. The van der Waals surface area contributed by atoms with Crippen molar-refractivity contribution in [1.82, 2.24) is 5.32 Å². The Morgan fingerprint density at radius 2 is 0.859 bits per heavy atom. The number of hydrogen-bond donors (Lipinski definition) is 6. The van der Waals surface area contributed by atoms with Crippen molar-refractivity contribution in [2.45, 2.75) is 320 Å². The molecule has 0 aromatic heterocycles. The summed E-state index contributed by atoms with van der Waals surface area (Å²) in [5.41, 5.74) is 0. The van der Waals surface area contributed by atoms with Gasteiger partial charge >= 0.3 is 0 Å². The van der Waals surface area contributed by atoms with Crippen LogP contribution in [0.25, 0.3) is 0 Å². The van der Waals surface area contributed by atoms with Crippen molar-refractivity contribution in [1.29, 1.82) is 0 Å². The lowest BCUT2D eigenvalue weighted by molar-refractivity contribution is -0.302. The van der Waals surface area contributed by atoms with Gasteiger partial charge in [-0.2, -0.15) is 0 Å². The van der Waals surface area contributed by atoms with Crippen molar-refractivity contribution in [2.75, 3.05) is 13.2 Å². The standard InChI is InChI=1S/C55H107NO8/c1-3-5-7-9-11-13-15-17-19-21-23-24-25-26-27-29-31-33-35-37-39-41-43-45-51(59)56-48(47-63-55-54(62)53(61)52(60)50(46-57)64-55)49(58)44-42-40-38-36-34-32-30-28-22-20-18-16-14-12-10-8-6-4-2/h42,44,48-50,52-55,57-58,60-62H,3-41,43,45-47H2,1-2H3,(H,56,59)/b44-42+. The van der Waals surface area contributed by atoms with E-state index in [1.807, 2.05) is 6.08 Å². The Hall–Kier alpha value is -1.07. The third-order valence-electron chi connectivity index (χ3n) is 13.6. The zero-order chi connectivity index (χ0) is 46.6. The van der Waals surface area contributed by atoms with Gasteiger partial charge in [0.15, 0.2) is 6.29 Å². The Morgan fingerprint density at radius 1 is 0.516 bits per heavy atom. The first-order valence-electron chi connectivity index (χ1n) is 27.9. The highest BCUT2D eigenvalue weighted by molar-refractivity contribution is 5.76. The van der Waals surface area contributed by atoms with Gasteiger partial charge < -0.3 is 40.3 Å². The topological polar surface area (TPSA) is 149 Å². The fourth-order valence-electron chi connectivity index (χ4n) is 9.16. The zero-order valence-corrected chi connectivity index (χ0v) is 42.1. The summed E-state index contributed by atoms with van der Waals surface area (Å²) in [6.07, 6.45) is 48.4. The quantitative estimate of drug-likeness (QED) is 0.0261. The molecule has 1 aliphatic heterocycles. The van der Waals surface area contributed by atoms with Crippen LogP contribution >= 0.6 is 0 Å². The van der Waals surface area contributed by atoms with Gasteiger partial charge in [0, 0.05) is 6.42 Å². The molecule has 0 radical (unpaired) electrons. The van der Waals surface area contributed by atoms with Gasteiger partial charge in [-0.3, -0.25) is 4.79 Å². The molecule has 0 aromatic carbocycles. The van der Waals surface area contributed by atoms with Crippen molar-refractivity contribution < 1.29 is 39.8 Å². The van der Waals surface area contributed by atoms with Gasteiger partial charge in [-0.05, 0) is 19.3 Å². The molecule has 64 heavy (non-hydrogen) atoms. The Kier molecular flexibility index (Phi) is 43.5. The van der Waals surface area contributed by atoms with Crippen molar-refractivity contribution in [2.24, 2.45) is 0 Å². The molecular weight excluding hydrogens is 803 g/mol. The molecule has 1 heterocycles. The van der Waals surface area contributed by atoms with E-state index in [4.69, 9.17) is 9.47 Å². The Labute approximate surface area is 395 Å². The van der Waals surface area contributed by atoms with E-state index in [-0.39, 0.29) is 12.5 Å². The van der Waals surface area contributed by atoms with Crippen molar-refractivity contribution in [3.63, 3.8) is 0 Å². The second-order valence-electron chi connectivity index (χ2n) is 19.7. The zero-order valence-electron chi connectivity index (χ0n) is 42.1. The summed E-state index contributed by atoms with van der Waals surface area (Å²) in [4.78, 5) is 13.0. The lowest BCUT2D eigenvalue weighted by Gasteiger charge is -2.40. The Balaban J connectivity index is 2.23. The summed E-state index contributed by atoms with van der Waals surface area (Å²) in [6, 6.07) is -0.800. The van der Waals surface area contributed by atoms with E-state index in [9.17, 15) is 30.3 Å². The second kappa shape index (κ2) is 45.7. The number of ether oxygens (including phenoxy) is 2. The minimum Gasteiger partial charge on any atom is -0.394 e. The van der Waals surface area contributed by atoms with Gasteiger partial charge in [0.1, 0.15) is 24.4 Å². The summed E-state index contributed by atoms with van der Waals surface area (Å²) in [5.74, 6) is -0.170. The van der Waals surface area contributed by atoms with Crippen LogP contribution in [0.4, 0.5) is 0 Å². The summed E-state index contributed by atoms with van der Waals surface area (Å²) in [7, 11) is 0. The first-order chi connectivity index (χ1) is 31.3. The molecule has 1 rings (SSSR count). The van der Waals surface area contributed by atoms with Gasteiger partial charge in [-0.1, -0.05) is 264 Å². The molecule has 0 aromatic rings. The first kappa shape index (κ1) is 60.9. The lowest BCUT2D eigenvalue weighted by Crippen LogP contribution is -2.60. The van der Waals surface area contributed by atoms with Crippen molar-refractivity contribution in [3.05, 3.63) is 12.2 Å². The van der Waals surface area contributed by atoms with E-state index >= 15 is 0 Å². The van der Waals surface area contributed by atoms with Gasteiger partial charge in [-0.15, -0.1) is 0 Å². The average molecular weight is 910 g/mol. The number of nitrogens with one attached hydrogen (secondary N) is 1.